The molecule has 0 aliphatic heterocycles. The molecular weight excluding hydrogens is 360 g/mol. The molecule has 1 fully saturated rings. The van der Waals surface area contributed by atoms with Crippen molar-refractivity contribution < 1.29 is 9.59 Å². The quantitative estimate of drug-likeness (QED) is 0.758. The van der Waals surface area contributed by atoms with Crippen LogP contribution in [-0.4, -0.2) is 22.8 Å². The molecule has 4 N–H and O–H groups in total. The summed E-state index contributed by atoms with van der Waals surface area (Å²) in [6, 6.07) is 7.57. The van der Waals surface area contributed by atoms with E-state index in [1.54, 1.807) is 0 Å². The van der Waals surface area contributed by atoms with Crippen molar-refractivity contribution in [1.82, 2.24) is 4.98 Å². The number of hydrogen-bond donors (Lipinski definition) is 3. The first-order chi connectivity index (χ1) is 11.5. The number of nitrogens with one attached hydrogen (secondary N) is 2. The largest absolute Gasteiger partial charge is 0.328 e. The number of carbonyl (C=O) groups is 2. The summed E-state index contributed by atoms with van der Waals surface area (Å²) in [5, 5.41) is 8.12. The molecule has 3 rings (SSSR count). The number of amides is 2. The van der Waals surface area contributed by atoms with Gasteiger partial charge in [-0.3, -0.25) is 9.59 Å². The van der Waals surface area contributed by atoms with Crippen LogP contribution in [-0.2, 0) is 9.59 Å². The van der Waals surface area contributed by atoms with Gasteiger partial charge in [-0.25, -0.2) is 4.98 Å². The van der Waals surface area contributed by atoms with Crippen LogP contribution < -0.4 is 16.4 Å². The first kappa shape index (κ1) is 19.4. The minimum Gasteiger partial charge on any atom is -0.328 e. The van der Waals surface area contributed by atoms with Crippen molar-refractivity contribution in [2.75, 3.05) is 10.6 Å². The number of nitrogens with two attached hydrogens (primary N) is 1. The highest BCUT2D eigenvalue weighted by atomic mass is 35.5. The number of rotatable bonds is 4. The second-order valence-electron chi connectivity index (χ2n) is 6.06. The molecule has 6 nitrogen and oxygen atoms in total. The molecule has 1 aliphatic carbocycles. The van der Waals surface area contributed by atoms with Crippen molar-refractivity contribution in [3.8, 4) is 11.3 Å². The van der Waals surface area contributed by atoms with Crippen molar-refractivity contribution in [2.24, 2.45) is 11.7 Å². The van der Waals surface area contributed by atoms with Crippen molar-refractivity contribution in [2.45, 2.75) is 32.2 Å². The zero-order chi connectivity index (χ0) is 17.1. The Morgan fingerprint density at radius 3 is 2.52 bits per heavy atom. The Morgan fingerprint density at radius 2 is 1.92 bits per heavy atom. The van der Waals surface area contributed by atoms with Crippen molar-refractivity contribution >= 4 is 46.4 Å². The lowest BCUT2D eigenvalue weighted by Crippen LogP contribution is -2.23. The van der Waals surface area contributed by atoms with E-state index in [0.29, 0.717) is 5.13 Å². The molecule has 2 amide bonds. The molecule has 25 heavy (non-hydrogen) atoms. The molecule has 2 unspecified atom stereocenters. The van der Waals surface area contributed by atoms with Crippen LogP contribution in [0.15, 0.2) is 29.6 Å². The molecule has 1 aromatic carbocycles. The number of benzene rings is 1. The van der Waals surface area contributed by atoms with Gasteiger partial charge in [0.05, 0.1) is 5.69 Å². The normalized spacial score (nSPS) is 19.1. The van der Waals surface area contributed by atoms with E-state index in [2.05, 4.69) is 15.6 Å². The van der Waals surface area contributed by atoms with E-state index in [1.165, 1.54) is 18.3 Å². The van der Waals surface area contributed by atoms with E-state index in [1.807, 2.05) is 29.6 Å². The van der Waals surface area contributed by atoms with Gasteiger partial charge in [-0.15, -0.1) is 23.7 Å². The Labute approximate surface area is 156 Å². The summed E-state index contributed by atoms with van der Waals surface area (Å²) in [7, 11) is 0. The van der Waals surface area contributed by atoms with E-state index < -0.39 is 0 Å². The summed E-state index contributed by atoms with van der Waals surface area (Å²) in [5.74, 6) is -0.109. The lowest BCUT2D eigenvalue weighted by Gasteiger charge is -2.08. The smallest absolute Gasteiger partial charge is 0.229 e. The highest BCUT2D eigenvalue weighted by Crippen LogP contribution is 2.29. The lowest BCUT2D eigenvalue weighted by atomic mass is 10.1. The average Bonchev–Trinajstić information content (AvgIpc) is 3.17. The van der Waals surface area contributed by atoms with Gasteiger partial charge in [0.1, 0.15) is 0 Å². The molecule has 8 heteroatoms. The third-order valence-electron chi connectivity index (χ3n) is 4.08. The van der Waals surface area contributed by atoms with Gasteiger partial charge < -0.3 is 16.4 Å². The van der Waals surface area contributed by atoms with Crippen LogP contribution in [0, 0.1) is 5.92 Å². The second-order valence-corrected chi connectivity index (χ2v) is 6.91. The summed E-state index contributed by atoms with van der Waals surface area (Å²) in [6.07, 6.45) is 2.49. The third kappa shape index (κ3) is 5.01. The number of aromatic nitrogens is 1. The van der Waals surface area contributed by atoms with Crippen LogP contribution in [0.5, 0.6) is 0 Å². The van der Waals surface area contributed by atoms with Gasteiger partial charge >= 0.3 is 0 Å². The number of thiazole rings is 1. The minimum atomic E-state index is -0.104. The maximum absolute atomic E-state index is 12.2. The molecule has 1 aromatic heterocycles. The summed E-state index contributed by atoms with van der Waals surface area (Å²) in [5.41, 5.74) is 8.34. The van der Waals surface area contributed by atoms with E-state index in [-0.39, 0.29) is 36.2 Å². The SMILES string of the molecule is CC(=O)Nc1ccc(-c2csc(NC(=O)C3CCC(N)C3)n2)cc1.Cl. The van der Waals surface area contributed by atoms with Gasteiger partial charge in [-0.2, -0.15) is 0 Å². The van der Waals surface area contributed by atoms with Gasteiger partial charge in [-0.05, 0) is 31.4 Å². The van der Waals surface area contributed by atoms with Gasteiger partial charge in [0.15, 0.2) is 5.13 Å². The van der Waals surface area contributed by atoms with Crippen molar-refractivity contribution in [1.29, 1.82) is 0 Å². The van der Waals surface area contributed by atoms with E-state index >= 15 is 0 Å². The summed E-state index contributed by atoms with van der Waals surface area (Å²) >= 11 is 1.40. The van der Waals surface area contributed by atoms with Crippen LogP contribution in [0.25, 0.3) is 11.3 Å². The molecule has 2 aromatic rings. The molecule has 0 saturated heterocycles. The van der Waals surface area contributed by atoms with E-state index in [9.17, 15) is 9.59 Å². The molecule has 0 radical (unpaired) electrons. The highest BCUT2D eigenvalue weighted by Gasteiger charge is 2.28. The van der Waals surface area contributed by atoms with E-state index in [0.717, 1.165) is 36.2 Å². The zero-order valence-electron chi connectivity index (χ0n) is 13.8. The predicted octanol–water partition coefficient (Wildman–Crippen LogP) is 3.26. The van der Waals surface area contributed by atoms with Crippen LogP contribution in [0.2, 0.25) is 0 Å². The Morgan fingerprint density at radius 1 is 1.20 bits per heavy atom. The number of nitrogens with zero attached hydrogens (tertiary/aromatic N) is 1. The first-order valence-electron chi connectivity index (χ1n) is 7.91. The molecule has 0 spiro atoms. The molecule has 1 saturated carbocycles. The second kappa shape index (κ2) is 8.42. The molecule has 1 aliphatic rings. The molecular formula is C17H21ClN4O2S. The Kier molecular flexibility index (Phi) is 6.52. The maximum atomic E-state index is 12.2. The minimum absolute atomic E-state index is 0. The van der Waals surface area contributed by atoms with Gasteiger partial charge in [-0.1, -0.05) is 12.1 Å². The van der Waals surface area contributed by atoms with E-state index in [4.69, 9.17) is 5.73 Å². The zero-order valence-corrected chi connectivity index (χ0v) is 15.5. The number of halogens is 1. The van der Waals surface area contributed by atoms with Gasteiger partial charge in [0, 0.05) is 35.5 Å². The molecule has 134 valence electrons. The lowest BCUT2D eigenvalue weighted by molar-refractivity contribution is -0.119. The Hall–Kier alpha value is -1.96. The number of carbonyl (C=O) groups excluding carboxylic acids is 2. The number of anilines is 2. The Balaban J connectivity index is 0.00000225. The molecule has 2 atom stereocenters. The predicted molar refractivity (Wildman–Crippen MR) is 103 cm³/mol. The molecule has 0 bridgehead atoms. The fourth-order valence-electron chi connectivity index (χ4n) is 2.85. The van der Waals surface area contributed by atoms with Crippen LogP contribution in [0.1, 0.15) is 26.2 Å². The fourth-order valence-corrected chi connectivity index (χ4v) is 3.58. The fraction of sp³-hybridized carbons (Fsp3) is 0.353. The van der Waals surface area contributed by atoms with Gasteiger partial charge in [0.2, 0.25) is 11.8 Å². The monoisotopic (exact) mass is 380 g/mol. The standard InChI is InChI=1S/C17H20N4O2S.ClH/c1-10(22)19-14-6-3-11(4-7-14)15-9-24-17(20-15)21-16(23)12-2-5-13(18)8-12;/h3-4,6-7,9,12-13H,2,5,8,18H2,1H3,(H,19,22)(H,20,21,23);1H. The Bertz CT molecular complexity index is 747. The summed E-state index contributed by atoms with van der Waals surface area (Å²) in [6.45, 7) is 1.47. The third-order valence-corrected chi connectivity index (χ3v) is 4.84. The van der Waals surface area contributed by atoms with Crippen LogP contribution in [0.4, 0.5) is 10.8 Å². The van der Waals surface area contributed by atoms with Crippen molar-refractivity contribution in [3.63, 3.8) is 0 Å². The molecule has 1 heterocycles. The average molecular weight is 381 g/mol. The summed E-state index contributed by atoms with van der Waals surface area (Å²) in [4.78, 5) is 27.7. The van der Waals surface area contributed by atoms with Gasteiger partial charge in [0.25, 0.3) is 0 Å². The maximum Gasteiger partial charge on any atom is 0.229 e. The topological polar surface area (TPSA) is 97.1 Å². The van der Waals surface area contributed by atoms with Crippen LogP contribution >= 0.6 is 23.7 Å². The highest BCUT2D eigenvalue weighted by molar-refractivity contribution is 7.14. The van der Waals surface area contributed by atoms with Crippen molar-refractivity contribution in [3.05, 3.63) is 29.6 Å². The van der Waals surface area contributed by atoms with Crippen LogP contribution in [0.3, 0.4) is 0 Å². The summed E-state index contributed by atoms with van der Waals surface area (Å²) < 4.78 is 0. The first-order valence-corrected chi connectivity index (χ1v) is 8.79. The number of hydrogen-bond acceptors (Lipinski definition) is 5.